The minimum Gasteiger partial charge on any atom is -0.494 e. The van der Waals surface area contributed by atoms with Crippen molar-refractivity contribution in [2.75, 3.05) is 11.9 Å². The topological polar surface area (TPSA) is 67.0 Å². The molecule has 0 aliphatic heterocycles. The van der Waals surface area contributed by atoms with Gasteiger partial charge in [0.2, 0.25) is 0 Å². The fourth-order valence-electron chi connectivity index (χ4n) is 1.58. The number of aromatic nitrogens is 2. The van der Waals surface area contributed by atoms with E-state index in [2.05, 4.69) is 15.3 Å². The average Bonchev–Trinajstić information content (AvgIpc) is 2.78. The summed E-state index contributed by atoms with van der Waals surface area (Å²) in [7, 11) is 0. The summed E-state index contributed by atoms with van der Waals surface area (Å²) < 4.78 is 5.33. The summed E-state index contributed by atoms with van der Waals surface area (Å²) in [6.45, 7) is 4.36. The Morgan fingerprint density at radius 2 is 2.11 bits per heavy atom. The quantitative estimate of drug-likeness (QED) is 0.869. The number of imidazole rings is 1. The molecule has 2 aromatic rings. The first-order valence-corrected chi connectivity index (χ1v) is 5.75. The number of amides is 1. The molecule has 94 valence electrons. The Hall–Kier alpha value is -2.30. The van der Waals surface area contributed by atoms with Gasteiger partial charge in [0.1, 0.15) is 11.4 Å². The van der Waals surface area contributed by atoms with E-state index in [4.69, 9.17) is 4.74 Å². The van der Waals surface area contributed by atoms with Crippen molar-refractivity contribution in [2.45, 2.75) is 13.8 Å². The molecule has 0 fully saturated rings. The summed E-state index contributed by atoms with van der Waals surface area (Å²) >= 11 is 0. The highest BCUT2D eigenvalue weighted by atomic mass is 16.5. The Bertz CT molecular complexity index is 531. The summed E-state index contributed by atoms with van der Waals surface area (Å²) in [6, 6.07) is 7.22. The van der Waals surface area contributed by atoms with Gasteiger partial charge in [-0.15, -0.1) is 0 Å². The number of aryl methyl sites for hydroxylation is 1. The number of rotatable bonds is 4. The number of carbonyl (C=O) groups is 1. The number of ether oxygens (including phenoxy) is 1. The lowest BCUT2D eigenvalue weighted by atomic mass is 10.2. The first kappa shape index (κ1) is 12.2. The van der Waals surface area contributed by atoms with Crippen molar-refractivity contribution in [3.8, 4) is 5.75 Å². The van der Waals surface area contributed by atoms with Crippen LogP contribution in [0.2, 0.25) is 0 Å². The third-order valence-corrected chi connectivity index (χ3v) is 2.47. The number of anilines is 1. The van der Waals surface area contributed by atoms with Gasteiger partial charge in [-0.05, 0) is 38.1 Å². The van der Waals surface area contributed by atoms with Crippen LogP contribution in [0.4, 0.5) is 5.69 Å². The van der Waals surface area contributed by atoms with Gasteiger partial charge in [-0.2, -0.15) is 0 Å². The molecule has 1 aromatic carbocycles. The van der Waals surface area contributed by atoms with E-state index >= 15 is 0 Å². The van der Waals surface area contributed by atoms with E-state index in [-0.39, 0.29) is 5.91 Å². The summed E-state index contributed by atoms with van der Waals surface area (Å²) in [5.41, 5.74) is 1.87. The predicted molar refractivity (Wildman–Crippen MR) is 68.9 cm³/mol. The zero-order valence-electron chi connectivity index (χ0n) is 10.4. The van der Waals surface area contributed by atoms with Crippen LogP contribution < -0.4 is 10.1 Å². The van der Waals surface area contributed by atoms with Gasteiger partial charge in [0.25, 0.3) is 5.91 Å². The van der Waals surface area contributed by atoms with Gasteiger partial charge in [-0.3, -0.25) is 4.79 Å². The molecule has 0 aliphatic carbocycles. The minimum atomic E-state index is -0.224. The first-order valence-electron chi connectivity index (χ1n) is 5.75. The van der Waals surface area contributed by atoms with Crippen molar-refractivity contribution in [3.63, 3.8) is 0 Å². The smallest absolute Gasteiger partial charge is 0.276 e. The van der Waals surface area contributed by atoms with Crippen LogP contribution in [0.25, 0.3) is 0 Å². The molecule has 1 heterocycles. The molecule has 1 amide bonds. The minimum absolute atomic E-state index is 0.224. The Kier molecular flexibility index (Phi) is 3.62. The third kappa shape index (κ3) is 2.68. The highest BCUT2D eigenvalue weighted by molar-refractivity contribution is 6.03. The molecule has 1 aromatic heterocycles. The predicted octanol–water partition coefficient (Wildman–Crippen LogP) is 2.37. The van der Waals surface area contributed by atoms with Crippen LogP contribution in [0, 0.1) is 6.92 Å². The lowest BCUT2D eigenvalue weighted by molar-refractivity contribution is 0.102. The summed E-state index contributed by atoms with van der Waals surface area (Å²) in [5.74, 6) is 0.560. The maximum absolute atomic E-state index is 11.9. The van der Waals surface area contributed by atoms with E-state index in [0.29, 0.717) is 18.0 Å². The van der Waals surface area contributed by atoms with Gasteiger partial charge >= 0.3 is 0 Å². The molecule has 0 saturated heterocycles. The van der Waals surface area contributed by atoms with E-state index in [1.165, 1.54) is 6.33 Å². The van der Waals surface area contributed by atoms with Gasteiger partial charge in [-0.25, -0.2) is 4.98 Å². The van der Waals surface area contributed by atoms with Crippen molar-refractivity contribution < 1.29 is 9.53 Å². The highest BCUT2D eigenvalue weighted by Crippen LogP contribution is 2.16. The molecule has 0 atom stereocenters. The number of hydrogen-bond acceptors (Lipinski definition) is 3. The Balaban J connectivity index is 2.05. The summed E-state index contributed by atoms with van der Waals surface area (Å²) in [4.78, 5) is 18.7. The van der Waals surface area contributed by atoms with Crippen LogP contribution >= 0.6 is 0 Å². The summed E-state index contributed by atoms with van der Waals surface area (Å²) in [5, 5.41) is 2.78. The number of nitrogens with one attached hydrogen (secondary N) is 2. The Labute approximate surface area is 105 Å². The molecular weight excluding hydrogens is 230 g/mol. The molecule has 5 nitrogen and oxygen atoms in total. The average molecular weight is 245 g/mol. The maximum atomic E-state index is 11.9. The van der Waals surface area contributed by atoms with Crippen molar-refractivity contribution in [3.05, 3.63) is 42.0 Å². The fourth-order valence-corrected chi connectivity index (χ4v) is 1.58. The second-order valence-electron chi connectivity index (χ2n) is 3.79. The second kappa shape index (κ2) is 5.35. The zero-order chi connectivity index (χ0) is 13.0. The monoisotopic (exact) mass is 245 g/mol. The molecule has 2 rings (SSSR count). The van der Waals surface area contributed by atoms with E-state index in [0.717, 1.165) is 11.4 Å². The number of H-pyrrole nitrogens is 1. The van der Waals surface area contributed by atoms with Crippen LogP contribution in [0.3, 0.4) is 0 Å². The normalized spacial score (nSPS) is 10.1. The summed E-state index contributed by atoms with van der Waals surface area (Å²) in [6.07, 6.45) is 1.50. The number of benzene rings is 1. The first-order chi connectivity index (χ1) is 8.70. The van der Waals surface area contributed by atoms with E-state index in [1.54, 1.807) is 19.1 Å². The molecule has 5 heteroatoms. The van der Waals surface area contributed by atoms with Crippen LogP contribution in [-0.2, 0) is 0 Å². The van der Waals surface area contributed by atoms with Gasteiger partial charge in [0, 0.05) is 11.4 Å². The third-order valence-electron chi connectivity index (χ3n) is 2.47. The number of aromatic amines is 1. The van der Waals surface area contributed by atoms with Gasteiger partial charge in [0.05, 0.1) is 12.9 Å². The number of nitrogens with zero attached hydrogens (tertiary/aromatic N) is 1. The Morgan fingerprint density at radius 3 is 2.67 bits per heavy atom. The lowest BCUT2D eigenvalue weighted by Crippen LogP contribution is -2.13. The Morgan fingerprint density at radius 1 is 1.39 bits per heavy atom. The zero-order valence-corrected chi connectivity index (χ0v) is 10.4. The molecule has 0 spiro atoms. The molecular formula is C13H15N3O2. The fraction of sp³-hybridized carbons (Fsp3) is 0.231. The van der Waals surface area contributed by atoms with Gasteiger partial charge in [-0.1, -0.05) is 0 Å². The second-order valence-corrected chi connectivity index (χ2v) is 3.79. The van der Waals surface area contributed by atoms with E-state index < -0.39 is 0 Å². The van der Waals surface area contributed by atoms with Crippen molar-refractivity contribution in [1.29, 1.82) is 0 Å². The molecule has 0 saturated carbocycles. The molecule has 0 unspecified atom stereocenters. The highest BCUT2D eigenvalue weighted by Gasteiger charge is 2.11. The van der Waals surface area contributed by atoms with Crippen LogP contribution in [0.1, 0.15) is 23.1 Å². The maximum Gasteiger partial charge on any atom is 0.276 e. The molecule has 2 N–H and O–H groups in total. The molecule has 0 radical (unpaired) electrons. The SMILES string of the molecule is CCOc1ccc(NC(=O)c2nc[nH]c2C)cc1. The van der Waals surface area contributed by atoms with Crippen molar-refractivity contribution >= 4 is 11.6 Å². The number of carbonyl (C=O) groups excluding carboxylic acids is 1. The van der Waals surface area contributed by atoms with Gasteiger partial charge < -0.3 is 15.0 Å². The van der Waals surface area contributed by atoms with E-state index in [1.807, 2.05) is 19.1 Å². The molecule has 0 bridgehead atoms. The lowest BCUT2D eigenvalue weighted by Gasteiger charge is -2.06. The van der Waals surface area contributed by atoms with Crippen LogP contribution in [0.5, 0.6) is 5.75 Å². The van der Waals surface area contributed by atoms with Gasteiger partial charge in [0.15, 0.2) is 0 Å². The molecule has 0 aliphatic rings. The van der Waals surface area contributed by atoms with E-state index in [9.17, 15) is 4.79 Å². The number of hydrogen-bond donors (Lipinski definition) is 2. The van der Waals surface area contributed by atoms with Crippen molar-refractivity contribution in [1.82, 2.24) is 9.97 Å². The van der Waals surface area contributed by atoms with Crippen LogP contribution in [0.15, 0.2) is 30.6 Å². The van der Waals surface area contributed by atoms with Crippen molar-refractivity contribution in [2.24, 2.45) is 0 Å². The largest absolute Gasteiger partial charge is 0.494 e. The standard InChI is InChI=1S/C13H15N3O2/c1-3-18-11-6-4-10(5-7-11)16-13(17)12-9(2)14-8-15-12/h4-8H,3H2,1-2H3,(H,14,15)(H,16,17). The molecule has 18 heavy (non-hydrogen) atoms. The van der Waals surface area contributed by atoms with Crippen LogP contribution in [-0.4, -0.2) is 22.5 Å².